The van der Waals surface area contributed by atoms with Crippen molar-refractivity contribution < 1.29 is 0 Å². The normalized spacial score (nSPS) is 21.9. The first kappa shape index (κ1) is 15.5. The molecule has 2 atom stereocenters. The first-order valence-corrected chi connectivity index (χ1v) is 8.21. The molecule has 0 aliphatic carbocycles. The van der Waals surface area contributed by atoms with Crippen molar-refractivity contribution >= 4 is 0 Å². The van der Waals surface area contributed by atoms with Gasteiger partial charge in [0.25, 0.3) is 0 Å². The van der Waals surface area contributed by atoms with Crippen LogP contribution in [0, 0.1) is 13.8 Å². The van der Waals surface area contributed by atoms with Crippen molar-refractivity contribution in [3.05, 3.63) is 34.9 Å². The maximum absolute atomic E-state index is 6.19. The van der Waals surface area contributed by atoms with Crippen molar-refractivity contribution in [3.8, 4) is 0 Å². The van der Waals surface area contributed by atoms with Gasteiger partial charge in [-0.15, -0.1) is 0 Å². The quantitative estimate of drug-likeness (QED) is 0.880. The third kappa shape index (κ3) is 3.24. The molecule has 1 aromatic rings. The number of benzene rings is 1. The average molecular weight is 274 g/mol. The predicted octanol–water partition coefficient (Wildman–Crippen LogP) is 3.96. The molecule has 2 nitrogen and oxygen atoms in total. The van der Waals surface area contributed by atoms with Gasteiger partial charge in [-0.1, -0.05) is 38.0 Å². The van der Waals surface area contributed by atoms with E-state index in [1.807, 2.05) is 0 Å². The van der Waals surface area contributed by atoms with Crippen LogP contribution < -0.4 is 5.73 Å². The topological polar surface area (TPSA) is 29.3 Å². The van der Waals surface area contributed by atoms with Crippen LogP contribution in [0.2, 0.25) is 0 Å². The van der Waals surface area contributed by atoms with Gasteiger partial charge in [-0.25, -0.2) is 0 Å². The predicted molar refractivity (Wildman–Crippen MR) is 87.0 cm³/mol. The van der Waals surface area contributed by atoms with Gasteiger partial charge in [-0.05, 0) is 56.3 Å². The Bertz CT molecular complexity index is 405. The second-order valence-corrected chi connectivity index (χ2v) is 6.23. The van der Waals surface area contributed by atoms with E-state index in [9.17, 15) is 0 Å². The van der Waals surface area contributed by atoms with E-state index in [0.29, 0.717) is 6.04 Å². The Balaban J connectivity index is 2.30. The number of likely N-dealkylation sites (tertiary alicyclic amines) is 1. The molecule has 2 rings (SSSR count). The highest BCUT2D eigenvalue weighted by atomic mass is 15.2. The smallest absolute Gasteiger partial charge is 0.0478 e. The van der Waals surface area contributed by atoms with Gasteiger partial charge in [0.1, 0.15) is 0 Å². The first-order valence-electron chi connectivity index (χ1n) is 8.21. The highest BCUT2D eigenvalue weighted by Gasteiger charge is 2.29. The Morgan fingerprint density at radius 3 is 2.55 bits per heavy atom. The Morgan fingerprint density at radius 1 is 1.25 bits per heavy atom. The molecule has 0 bridgehead atoms. The van der Waals surface area contributed by atoms with Crippen molar-refractivity contribution in [1.82, 2.24) is 4.90 Å². The van der Waals surface area contributed by atoms with E-state index < -0.39 is 0 Å². The molecule has 0 saturated carbocycles. The minimum absolute atomic E-state index is 0.396. The lowest BCUT2D eigenvalue weighted by atomic mass is 9.90. The van der Waals surface area contributed by atoms with E-state index in [1.54, 1.807) is 0 Å². The number of rotatable bonds is 5. The Labute approximate surface area is 124 Å². The molecular formula is C18H30N2. The molecule has 2 unspecified atom stereocenters. The number of nitrogens with zero attached hydrogens (tertiary/aromatic N) is 1. The molecule has 1 aliphatic heterocycles. The van der Waals surface area contributed by atoms with Crippen LogP contribution in [-0.4, -0.2) is 24.0 Å². The lowest BCUT2D eigenvalue weighted by Crippen LogP contribution is -2.45. The zero-order valence-corrected chi connectivity index (χ0v) is 13.4. The van der Waals surface area contributed by atoms with Gasteiger partial charge in [0.05, 0.1) is 0 Å². The van der Waals surface area contributed by atoms with Crippen LogP contribution in [0.15, 0.2) is 18.2 Å². The van der Waals surface area contributed by atoms with E-state index >= 15 is 0 Å². The van der Waals surface area contributed by atoms with Crippen molar-refractivity contribution in [3.63, 3.8) is 0 Å². The molecule has 1 aromatic carbocycles. The monoisotopic (exact) mass is 274 g/mol. The second-order valence-electron chi connectivity index (χ2n) is 6.23. The third-order valence-electron chi connectivity index (χ3n) is 4.79. The number of nitrogens with two attached hydrogens (primary N) is 1. The summed E-state index contributed by atoms with van der Waals surface area (Å²) in [5, 5.41) is 0. The van der Waals surface area contributed by atoms with Crippen LogP contribution in [0.5, 0.6) is 0 Å². The summed E-state index contributed by atoms with van der Waals surface area (Å²) in [6.07, 6.45) is 6.62. The molecular weight excluding hydrogens is 244 g/mol. The lowest BCUT2D eigenvalue weighted by Gasteiger charge is -2.42. The Morgan fingerprint density at radius 2 is 1.95 bits per heavy atom. The van der Waals surface area contributed by atoms with Crippen molar-refractivity contribution in [2.24, 2.45) is 5.73 Å². The highest BCUT2D eigenvalue weighted by Crippen LogP contribution is 2.33. The van der Waals surface area contributed by atoms with Crippen LogP contribution >= 0.6 is 0 Å². The molecule has 1 heterocycles. The molecule has 1 saturated heterocycles. The minimum atomic E-state index is 0.396. The van der Waals surface area contributed by atoms with Crippen LogP contribution in [0.1, 0.15) is 61.8 Å². The van der Waals surface area contributed by atoms with Crippen LogP contribution in [0.4, 0.5) is 0 Å². The van der Waals surface area contributed by atoms with Gasteiger partial charge in [0.15, 0.2) is 0 Å². The SMILES string of the molecule is CCCC1CCCCN1C(CN)c1c(C)cccc1C. The summed E-state index contributed by atoms with van der Waals surface area (Å²) in [6.45, 7) is 8.68. The minimum Gasteiger partial charge on any atom is -0.329 e. The standard InChI is InChI=1S/C18H30N2/c1-4-8-16-11-5-6-12-20(16)17(13-19)18-14(2)9-7-10-15(18)3/h7,9-10,16-17H,4-6,8,11-13,19H2,1-3H3. The molecule has 1 aliphatic rings. The number of aryl methyl sites for hydroxylation is 2. The lowest BCUT2D eigenvalue weighted by molar-refractivity contribution is 0.0906. The molecule has 0 spiro atoms. The molecule has 112 valence electrons. The zero-order valence-electron chi connectivity index (χ0n) is 13.4. The fraction of sp³-hybridized carbons (Fsp3) is 0.667. The van der Waals surface area contributed by atoms with E-state index in [4.69, 9.17) is 5.73 Å². The molecule has 0 aromatic heterocycles. The van der Waals surface area contributed by atoms with Crippen molar-refractivity contribution in [2.75, 3.05) is 13.1 Å². The summed E-state index contributed by atoms with van der Waals surface area (Å²) in [5.74, 6) is 0. The fourth-order valence-corrected chi connectivity index (χ4v) is 3.85. The van der Waals surface area contributed by atoms with Crippen LogP contribution in [0.25, 0.3) is 0 Å². The van der Waals surface area contributed by atoms with Gasteiger partial charge in [0, 0.05) is 18.6 Å². The second kappa shape index (κ2) is 7.24. The van der Waals surface area contributed by atoms with Crippen LogP contribution in [0.3, 0.4) is 0 Å². The van der Waals surface area contributed by atoms with E-state index in [2.05, 4.69) is 43.9 Å². The Kier molecular flexibility index (Phi) is 5.62. The molecule has 2 N–H and O–H groups in total. The highest BCUT2D eigenvalue weighted by molar-refractivity contribution is 5.36. The number of piperidine rings is 1. The first-order chi connectivity index (χ1) is 9.69. The van der Waals surface area contributed by atoms with E-state index in [-0.39, 0.29) is 0 Å². The number of hydrogen-bond acceptors (Lipinski definition) is 2. The third-order valence-corrected chi connectivity index (χ3v) is 4.79. The Hall–Kier alpha value is -0.860. The summed E-state index contributed by atoms with van der Waals surface area (Å²) in [7, 11) is 0. The summed E-state index contributed by atoms with van der Waals surface area (Å²) in [5.41, 5.74) is 10.4. The van der Waals surface area contributed by atoms with Gasteiger partial charge in [-0.2, -0.15) is 0 Å². The molecule has 0 amide bonds. The van der Waals surface area contributed by atoms with E-state index in [0.717, 1.165) is 12.6 Å². The summed E-state index contributed by atoms with van der Waals surface area (Å²) < 4.78 is 0. The van der Waals surface area contributed by atoms with Crippen molar-refractivity contribution in [2.45, 2.75) is 65.0 Å². The fourth-order valence-electron chi connectivity index (χ4n) is 3.85. The molecule has 0 radical (unpaired) electrons. The van der Waals surface area contributed by atoms with Gasteiger partial charge in [0.2, 0.25) is 0 Å². The largest absolute Gasteiger partial charge is 0.329 e. The molecule has 20 heavy (non-hydrogen) atoms. The average Bonchev–Trinajstić information content (AvgIpc) is 2.44. The zero-order chi connectivity index (χ0) is 14.5. The maximum Gasteiger partial charge on any atom is 0.0478 e. The van der Waals surface area contributed by atoms with E-state index in [1.165, 1.54) is 55.3 Å². The summed E-state index contributed by atoms with van der Waals surface area (Å²) in [4.78, 5) is 2.70. The molecule has 1 fully saturated rings. The van der Waals surface area contributed by atoms with Crippen LogP contribution in [-0.2, 0) is 0 Å². The summed E-state index contributed by atoms with van der Waals surface area (Å²) >= 11 is 0. The number of hydrogen-bond donors (Lipinski definition) is 1. The van der Waals surface area contributed by atoms with Gasteiger partial charge in [-0.3, -0.25) is 4.90 Å². The summed E-state index contributed by atoms with van der Waals surface area (Å²) in [6, 6.07) is 7.73. The molecule has 2 heteroatoms. The van der Waals surface area contributed by atoms with Crippen molar-refractivity contribution in [1.29, 1.82) is 0 Å². The van der Waals surface area contributed by atoms with Gasteiger partial charge < -0.3 is 5.73 Å². The van der Waals surface area contributed by atoms with Gasteiger partial charge >= 0.3 is 0 Å². The maximum atomic E-state index is 6.19.